The maximum atomic E-state index is 13.3. The Morgan fingerprint density at radius 1 is 1.44 bits per heavy atom. The highest BCUT2D eigenvalue weighted by Gasteiger charge is 2.37. The molecule has 2 aliphatic rings. The molecule has 1 aliphatic heterocycles. The number of halogens is 2. The second-order valence-corrected chi connectivity index (χ2v) is 5.90. The van der Waals surface area contributed by atoms with Gasteiger partial charge in [0.2, 0.25) is 5.92 Å². The van der Waals surface area contributed by atoms with Crippen LogP contribution < -0.4 is 0 Å². The molecular weight excluding hydrogens is 236 g/mol. The van der Waals surface area contributed by atoms with E-state index in [0.29, 0.717) is 18.6 Å². The largest absolute Gasteiger partial charge is 0.302 e. The Kier molecular flexibility index (Phi) is 4.36. The third-order valence-corrected chi connectivity index (χ3v) is 4.36. The highest BCUT2D eigenvalue weighted by atomic mass is 19.3. The van der Waals surface area contributed by atoms with Crippen molar-refractivity contribution in [3.63, 3.8) is 0 Å². The van der Waals surface area contributed by atoms with Crippen LogP contribution >= 0.6 is 0 Å². The molecule has 0 amide bonds. The number of rotatable bonds is 3. The zero-order valence-corrected chi connectivity index (χ0v) is 11.1. The number of nitrogens with zero attached hydrogens (tertiary/aromatic N) is 1. The monoisotopic (exact) mass is 259 g/mol. The molecule has 1 aliphatic carbocycles. The first-order valence-electron chi connectivity index (χ1n) is 7.13. The molecule has 2 atom stereocenters. The maximum absolute atomic E-state index is 13.3. The number of hydrogen-bond donors (Lipinski definition) is 0. The molecule has 2 rings (SSSR count). The Labute approximate surface area is 108 Å². The number of hydrogen-bond acceptors (Lipinski definition) is 2. The van der Waals surface area contributed by atoms with Crippen LogP contribution in [0.2, 0.25) is 0 Å². The van der Waals surface area contributed by atoms with E-state index in [1.807, 2.05) is 6.92 Å². The first-order valence-corrected chi connectivity index (χ1v) is 7.13. The molecule has 104 valence electrons. The van der Waals surface area contributed by atoms with Gasteiger partial charge in [0.1, 0.15) is 5.78 Å². The van der Waals surface area contributed by atoms with E-state index in [1.54, 1.807) is 0 Å². The minimum Gasteiger partial charge on any atom is -0.302 e. The van der Waals surface area contributed by atoms with Gasteiger partial charge in [0.25, 0.3) is 0 Å². The number of carbonyl (C=O) groups excluding carboxylic acids is 1. The van der Waals surface area contributed by atoms with Crippen molar-refractivity contribution >= 4 is 5.78 Å². The summed E-state index contributed by atoms with van der Waals surface area (Å²) in [6.07, 6.45) is 3.12. The average Bonchev–Trinajstić information content (AvgIpc) is 2.30. The van der Waals surface area contributed by atoms with Gasteiger partial charge in [-0.05, 0) is 25.2 Å². The van der Waals surface area contributed by atoms with Crippen molar-refractivity contribution in [1.29, 1.82) is 0 Å². The van der Waals surface area contributed by atoms with Crippen LogP contribution in [0.5, 0.6) is 0 Å². The molecule has 18 heavy (non-hydrogen) atoms. The summed E-state index contributed by atoms with van der Waals surface area (Å²) in [4.78, 5) is 13.8. The van der Waals surface area contributed by atoms with Gasteiger partial charge in [-0.1, -0.05) is 6.92 Å². The minimum atomic E-state index is -2.46. The summed E-state index contributed by atoms with van der Waals surface area (Å²) in [6.45, 7) is 4.31. The van der Waals surface area contributed by atoms with Gasteiger partial charge >= 0.3 is 0 Å². The van der Waals surface area contributed by atoms with E-state index < -0.39 is 5.92 Å². The molecule has 0 aromatic heterocycles. The maximum Gasteiger partial charge on any atom is 0.248 e. The Balaban J connectivity index is 1.84. The third kappa shape index (κ3) is 3.50. The highest BCUT2D eigenvalue weighted by molar-refractivity contribution is 5.82. The topological polar surface area (TPSA) is 20.3 Å². The molecule has 0 N–H and O–H groups in total. The summed E-state index contributed by atoms with van der Waals surface area (Å²) < 4.78 is 26.7. The molecule has 0 bridgehead atoms. The number of piperidine rings is 1. The van der Waals surface area contributed by atoms with Crippen LogP contribution in [-0.2, 0) is 4.79 Å². The predicted molar refractivity (Wildman–Crippen MR) is 66.8 cm³/mol. The Morgan fingerprint density at radius 3 is 2.89 bits per heavy atom. The van der Waals surface area contributed by atoms with E-state index in [-0.39, 0.29) is 24.7 Å². The lowest BCUT2D eigenvalue weighted by Gasteiger charge is -2.36. The molecule has 2 nitrogen and oxygen atoms in total. The Hall–Kier alpha value is -0.510. The van der Waals surface area contributed by atoms with Crippen molar-refractivity contribution in [2.75, 3.05) is 19.6 Å². The van der Waals surface area contributed by atoms with Crippen LogP contribution in [0, 0.1) is 11.8 Å². The van der Waals surface area contributed by atoms with E-state index in [9.17, 15) is 13.6 Å². The van der Waals surface area contributed by atoms with E-state index in [2.05, 4.69) is 4.90 Å². The van der Waals surface area contributed by atoms with Crippen LogP contribution in [0.25, 0.3) is 0 Å². The van der Waals surface area contributed by atoms with Gasteiger partial charge in [-0.15, -0.1) is 0 Å². The van der Waals surface area contributed by atoms with Crippen LogP contribution in [-0.4, -0.2) is 36.2 Å². The normalized spacial score (nSPS) is 33.6. The average molecular weight is 259 g/mol. The zero-order chi connectivity index (χ0) is 13.2. The lowest BCUT2D eigenvalue weighted by molar-refractivity contribution is -0.127. The van der Waals surface area contributed by atoms with E-state index in [1.165, 1.54) is 0 Å². The molecule has 2 unspecified atom stereocenters. The van der Waals surface area contributed by atoms with Gasteiger partial charge in [-0.3, -0.25) is 4.79 Å². The number of ketones is 1. The van der Waals surface area contributed by atoms with Crippen molar-refractivity contribution in [2.45, 2.75) is 51.4 Å². The molecule has 4 heteroatoms. The lowest BCUT2D eigenvalue weighted by atomic mass is 9.85. The van der Waals surface area contributed by atoms with Crippen molar-refractivity contribution in [2.24, 2.45) is 11.8 Å². The zero-order valence-electron chi connectivity index (χ0n) is 11.1. The summed E-state index contributed by atoms with van der Waals surface area (Å²) in [5, 5.41) is 0. The van der Waals surface area contributed by atoms with Gasteiger partial charge in [-0.25, -0.2) is 8.78 Å². The van der Waals surface area contributed by atoms with Crippen LogP contribution in [0.4, 0.5) is 8.78 Å². The number of likely N-dealkylation sites (tertiary alicyclic amines) is 1. The fourth-order valence-electron chi connectivity index (χ4n) is 3.30. The lowest BCUT2D eigenvalue weighted by Crippen LogP contribution is -2.44. The molecule has 2 fully saturated rings. The Bertz CT molecular complexity index is 306. The molecule has 0 spiro atoms. The third-order valence-electron chi connectivity index (χ3n) is 4.36. The van der Waals surface area contributed by atoms with Gasteiger partial charge in [0.15, 0.2) is 0 Å². The molecule has 1 saturated heterocycles. The van der Waals surface area contributed by atoms with E-state index >= 15 is 0 Å². The SMILES string of the molecule is CCC1CN(CC2CCCC(F)(F)C2)CCC1=O. The minimum absolute atomic E-state index is 0.0360. The van der Waals surface area contributed by atoms with Gasteiger partial charge < -0.3 is 4.90 Å². The number of alkyl halides is 2. The molecule has 0 aromatic rings. The van der Waals surface area contributed by atoms with E-state index in [0.717, 1.165) is 32.5 Å². The fourth-order valence-corrected chi connectivity index (χ4v) is 3.30. The first-order chi connectivity index (χ1) is 8.50. The fraction of sp³-hybridized carbons (Fsp3) is 0.929. The van der Waals surface area contributed by atoms with Crippen LogP contribution in [0.3, 0.4) is 0 Å². The van der Waals surface area contributed by atoms with Crippen LogP contribution in [0.15, 0.2) is 0 Å². The summed E-state index contributed by atoms with van der Waals surface area (Å²) in [5.41, 5.74) is 0. The standard InChI is InChI=1S/C14H23F2NO/c1-2-12-10-17(7-5-13(12)18)9-11-4-3-6-14(15,16)8-11/h11-12H,2-10H2,1H3. The number of Topliss-reactive ketones (excluding diaryl/α,β-unsaturated/α-hetero) is 1. The summed E-state index contributed by atoms with van der Waals surface area (Å²) in [5.74, 6) is -1.87. The van der Waals surface area contributed by atoms with E-state index in [4.69, 9.17) is 0 Å². The smallest absolute Gasteiger partial charge is 0.248 e. The van der Waals surface area contributed by atoms with Gasteiger partial charge in [0, 0.05) is 44.8 Å². The van der Waals surface area contributed by atoms with Crippen molar-refractivity contribution < 1.29 is 13.6 Å². The molecule has 1 saturated carbocycles. The molecular formula is C14H23F2NO. The van der Waals surface area contributed by atoms with Crippen LogP contribution in [0.1, 0.15) is 45.4 Å². The first kappa shape index (κ1) is 13.9. The second kappa shape index (κ2) is 5.64. The quantitative estimate of drug-likeness (QED) is 0.776. The van der Waals surface area contributed by atoms with Crippen molar-refractivity contribution in [1.82, 2.24) is 4.90 Å². The summed E-state index contributed by atoms with van der Waals surface area (Å²) in [7, 11) is 0. The second-order valence-electron chi connectivity index (χ2n) is 5.90. The van der Waals surface area contributed by atoms with Gasteiger partial charge in [-0.2, -0.15) is 0 Å². The molecule has 0 aromatic carbocycles. The molecule has 0 radical (unpaired) electrons. The summed E-state index contributed by atoms with van der Waals surface area (Å²) in [6, 6.07) is 0. The van der Waals surface area contributed by atoms with Crippen molar-refractivity contribution in [3.05, 3.63) is 0 Å². The van der Waals surface area contributed by atoms with Gasteiger partial charge in [0.05, 0.1) is 0 Å². The molecule has 1 heterocycles. The highest BCUT2D eigenvalue weighted by Crippen LogP contribution is 2.37. The Morgan fingerprint density at radius 2 is 2.22 bits per heavy atom. The number of carbonyl (C=O) groups is 1. The van der Waals surface area contributed by atoms with Crippen molar-refractivity contribution in [3.8, 4) is 0 Å². The predicted octanol–water partition coefficient (Wildman–Crippen LogP) is 3.11. The summed E-state index contributed by atoms with van der Waals surface area (Å²) >= 11 is 0.